The van der Waals surface area contributed by atoms with Crippen molar-refractivity contribution < 1.29 is 19.2 Å². The quantitative estimate of drug-likeness (QED) is 0.382. The zero-order chi connectivity index (χ0) is 23.3. The van der Waals surface area contributed by atoms with Gasteiger partial charge < -0.3 is 14.8 Å². The van der Waals surface area contributed by atoms with Gasteiger partial charge in [-0.2, -0.15) is 0 Å². The SMILES string of the molecule is COc1ccc(NC(=O)C(C)Oc2ccc(C(C)(C)c3ccccc3)cc2)c([N+](=O)[O-])c1. The molecule has 0 aliphatic heterocycles. The Kier molecular flexibility index (Phi) is 6.78. The summed E-state index contributed by atoms with van der Waals surface area (Å²) in [6, 6.07) is 22.0. The molecule has 1 unspecified atom stereocenters. The summed E-state index contributed by atoms with van der Waals surface area (Å²) >= 11 is 0. The van der Waals surface area contributed by atoms with Crippen molar-refractivity contribution in [3.8, 4) is 11.5 Å². The average Bonchev–Trinajstić information content (AvgIpc) is 2.80. The van der Waals surface area contributed by atoms with E-state index in [2.05, 4.69) is 31.3 Å². The van der Waals surface area contributed by atoms with Crippen molar-refractivity contribution in [3.05, 3.63) is 94.0 Å². The van der Waals surface area contributed by atoms with Gasteiger partial charge in [0.1, 0.15) is 17.2 Å². The molecule has 3 aromatic carbocycles. The predicted molar refractivity (Wildman–Crippen MR) is 123 cm³/mol. The fourth-order valence-corrected chi connectivity index (χ4v) is 3.36. The molecule has 1 amide bonds. The molecular formula is C25H26N2O5. The molecule has 0 aliphatic rings. The monoisotopic (exact) mass is 434 g/mol. The number of methoxy groups -OCH3 is 1. The van der Waals surface area contributed by atoms with Gasteiger partial charge in [-0.25, -0.2) is 0 Å². The minimum atomic E-state index is -0.857. The van der Waals surface area contributed by atoms with Crippen molar-refractivity contribution in [3.63, 3.8) is 0 Å². The molecule has 0 fully saturated rings. The maximum absolute atomic E-state index is 12.6. The standard InChI is InChI=1S/C25H26N2O5/c1-17(24(28)26-22-15-14-21(31-4)16-23(22)27(29)30)32-20-12-10-19(11-13-20)25(2,3)18-8-6-5-7-9-18/h5-17H,1-4H3,(H,26,28). The van der Waals surface area contributed by atoms with E-state index in [9.17, 15) is 14.9 Å². The van der Waals surface area contributed by atoms with Gasteiger partial charge in [0, 0.05) is 5.41 Å². The highest BCUT2D eigenvalue weighted by Crippen LogP contribution is 2.32. The first-order chi connectivity index (χ1) is 15.2. The summed E-state index contributed by atoms with van der Waals surface area (Å²) in [4.78, 5) is 23.3. The highest BCUT2D eigenvalue weighted by atomic mass is 16.6. The van der Waals surface area contributed by atoms with Crippen molar-refractivity contribution in [1.29, 1.82) is 0 Å². The van der Waals surface area contributed by atoms with Crippen LogP contribution in [0.2, 0.25) is 0 Å². The summed E-state index contributed by atoms with van der Waals surface area (Å²) < 4.78 is 10.8. The number of anilines is 1. The topological polar surface area (TPSA) is 90.7 Å². The van der Waals surface area contributed by atoms with Gasteiger partial charge in [-0.15, -0.1) is 0 Å². The molecule has 1 atom stereocenters. The van der Waals surface area contributed by atoms with E-state index in [0.29, 0.717) is 11.5 Å². The normalized spacial score (nSPS) is 12.0. The maximum atomic E-state index is 12.6. The number of benzene rings is 3. The molecule has 7 heteroatoms. The number of nitro groups is 1. The van der Waals surface area contributed by atoms with E-state index in [1.54, 1.807) is 13.0 Å². The van der Waals surface area contributed by atoms with Crippen LogP contribution in [0.15, 0.2) is 72.8 Å². The van der Waals surface area contributed by atoms with Gasteiger partial charge >= 0.3 is 0 Å². The second-order valence-electron chi connectivity index (χ2n) is 7.90. The molecule has 0 spiro atoms. The van der Waals surface area contributed by atoms with Crippen molar-refractivity contribution in [2.75, 3.05) is 12.4 Å². The Labute approximate surface area is 187 Å². The van der Waals surface area contributed by atoms with Crippen molar-refractivity contribution >= 4 is 17.3 Å². The molecule has 32 heavy (non-hydrogen) atoms. The van der Waals surface area contributed by atoms with E-state index in [-0.39, 0.29) is 16.8 Å². The van der Waals surface area contributed by atoms with E-state index >= 15 is 0 Å². The largest absolute Gasteiger partial charge is 0.496 e. The van der Waals surface area contributed by atoms with E-state index in [4.69, 9.17) is 9.47 Å². The van der Waals surface area contributed by atoms with Crippen molar-refractivity contribution in [1.82, 2.24) is 0 Å². The minimum Gasteiger partial charge on any atom is -0.496 e. The van der Waals surface area contributed by atoms with Gasteiger partial charge in [0.05, 0.1) is 18.1 Å². The summed E-state index contributed by atoms with van der Waals surface area (Å²) in [6.45, 7) is 5.89. The van der Waals surface area contributed by atoms with E-state index in [1.807, 2.05) is 42.5 Å². The Balaban J connectivity index is 1.69. The van der Waals surface area contributed by atoms with Crippen LogP contribution in [0.4, 0.5) is 11.4 Å². The van der Waals surface area contributed by atoms with Gasteiger partial charge in [-0.05, 0) is 42.3 Å². The van der Waals surface area contributed by atoms with Crippen LogP contribution in [-0.2, 0) is 10.2 Å². The van der Waals surface area contributed by atoms with Crippen LogP contribution < -0.4 is 14.8 Å². The summed E-state index contributed by atoms with van der Waals surface area (Å²) in [7, 11) is 1.42. The molecule has 3 rings (SSSR count). The van der Waals surface area contributed by atoms with Gasteiger partial charge in [-0.1, -0.05) is 56.3 Å². The molecule has 0 aliphatic carbocycles. The number of hydrogen-bond acceptors (Lipinski definition) is 5. The lowest BCUT2D eigenvalue weighted by atomic mass is 9.78. The molecule has 3 aromatic rings. The molecule has 0 radical (unpaired) electrons. The molecule has 0 aromatic heterocycles. The third kappa shape index (κ3) is 5.06. The third-order valence-corrected chi connectivity index (χ3v) is 5.41. The fraction of sp³-hybridized carbons (Fsp3) is 0.240. The Bertz CT molecular complexity index is 1100. The Morgan fingerprint density at radius 2 is 1.56 bits per heavy atom. The first-order valence-electron chi connectivity index (χ1n) is 10.2. The van der Waals surface area contributed by atoms with Crippen molar-refractivity contribution in [2.24, 2.45) is 0 Å². The number of hydrogen-bond donors (Lipinski definition) is 1. The Morgan fingerprint density at radius 3 is 2.16 bits per heavy atom. The minimum absolute atomic E-state index is 0.0798. The molecule has 0 bridgehead atoms. The molecule has 0 saturated heterocycles. The Morgan fingerprint density at radius 1 is 0.969 bits per heavy atom. The third-order valence-electron chi connectivity index (χ3n) is 5.41. The number of carbonyl (C=O) groups is 1. The van der Waals surface area contributed by atoms with E-state index in [1.165, 1.54) is 24.8 Å². The second kappa shape index (κ2) is 9.51. The maximum Gasteiger partial charge on any atom is 0.296 e. The van der Waals surface area contributed by atoms with Gasteiger partial charge in [0.15, 0.2) is 6.10 Å². The first-order valence-corrected chi connectivity index (χ1v) is 10.2. The highest BCUT2D eigenvalue weighted by Gasteiger charge is 2.24. The summed E-state index contributed by atoms with van der Waals surface area (Å²) in [5, 5.41) is 13.9. The fourth-order valence-electron chi connectivity index (χ4n) is 3.36. The summed E-state index contributed by atoms with van der Waals surface area (Å²) in [6.07, 6.45) is -0.857. The molecule has 1 N–H and O–H groups in total. The molecular weight excluding hydrogens is 408 g/mol. The lowest BCUT2D eigenvalue weighted by Gasteiger charge is -2.26. The van der Waals surface area contributed by atoms with Crippen LogP contribution >= 0.6 is 0 Å². The number of rotatable bonds is 8. The number of nitro benzene ring substituents is 1. The van der Waals surface area contributed by atoms with Crippen LogP contribution in [-0.4, -0.2) is 24.0 Å². The highest BCUT2D eigenvalue weighted by molar-refractivity contribution is 5.96. The van der Waals surface area contributed by atoms with Crippen LogP contribution in [0.5, 0.6) is 11.5 Å². The first kappa shape index (κ1) is 22.8. The number of ether oxygens (including phenoxy) is 2. The molecule has 166 valence electrons. The molecule has 0 heterocycles. The molecule has 0 saturated carbocycles. The number of amides is 1. The van der Waals surface area contributed by atoms with Crippen LogP contribution in [0, 0.1) is 10.1 Å². The predicted octanol–water partition coefficient (Wildman–Crippen LogP) is 5.34. The van der Waals surface area contributed by atoms with E-state index < -0.39 is 16.9 Å². The van der Waals surface area contributed by atoms with Gasteiger partial charge in [-0.3, -0.25) is 14.9 Å². The van der Waals surface area contributed by atoms with Gasteiger partial charge in [0.2, 0.25) is 0 Å². The number of carbonyl (C=O) groups excluding carboxylic acids is 1. The smallest absolute Gasteiger partial charge is 0.296 e. The van der Waals surface area contributed by atoms with Crippen molar-refractivity contribution in [2.45, 2.75) is 32.3 Å². The number of nitrogens with one attached hydrogen (secondary N) is 1. The lowest BCUT2D eigenvalue weighted by Crippen LogP contribution is -2.30. The molecule has 7 nitrogen and oxygen atoms in total. The second-order valence-corrected chi connectivity index (χ2v) is 7.90. The summed E-state index contributed by atoms with van der Waals surface area (Å²) in [5.74, 6) is 0.369. The van der Waals surface area contributed by atoms with Crippen LogP contribution in [0.3, 0.4) is 0 Å². The Hall–Kier alpha value is -3.87. The lowest BCUT2D eigenvalue weighted by molar-refractivity contribution is -0.384. The number of nitrogens with zero attached hydrogens (tertiary/aromatic N) is 1. The zero-order valence-corrected chi connectivity index (χ0v) is 18.5. The van der Waals surface area contributed by atoms with Crippen LogP contribution in [0.1, 0.15) is 31.9 Å². The average molecular weight is 434 g/mol. The van der Waals surface area contributed by atoms with Crippen LogP contribution in [0.25, 0.3) is 0 Å². The van der Waals surface area contributed by atoms with E-state index in [0.717, 1.165) is 5.56 Å². The van der Waals surface area contributed by atoms with Gasteiger partial charge in [0.25, 0.3) is 11.6 Å². The zero-order valence-electron chi connectivity index (χ0n) is 18.5. The summed E-state index contributed by atoms with van der Waals surface area (Å²) in [5.41, 5.74) is 1.95.